The van der Waals surface area contributed by atoms with Crippen molar-refractivity contribution in [1.82, 2.24) is 14.3 Å². The number of benzene rings is 2. The first-order valence-corrected chi connectivity index (χ1v) is 14.4. The van der Waals surface area contributed by atoms with Crippen LogP contribution >= 0.6 is 0 Å². The molecule has 2 aromatic heterocycles. The molecule has 1 aliphatic rings. The number of halogens is 1. The average Bonchev–Trinajstić information content (AvgIpc) is 3.33. The van der Waals surface area contributed by atoms with Gasteiger partial charge in [-0.05, 0) is 43.0 Å². The molecule has 218 valence electrons. The third-order valence-electron chi connectivity index (χ3n) is 6.26. The number of pyridine rings is 1. The van der Waals surface area contributed by atoms with Gasteiger partial charge < -0.3 is 4.98 Å². The van der Waals surface area contributed by atoms with Crippen LogP contribution in [-0.4, -0.2) is 41.6 Å². The summed E-state index contributed by atoms with van der Waals surface area (Å²) in [5, 5.41) is 0.608. The highest BCUT2D eigenvalue weighted by atomic mass is 32.2. The molecule has 1 fully saturated rings. The lowest BCUT2D eigenvalue weighted by atomic mass is 9.94. The fraction of sp³-hybridized carbons (Fsp3) is 0.355. The van der Waals surface area contributed by atoms with Gasteiger partial charge in [-0.2, -0.15) is 12.7 Å². The standard InChI is InChI=1S/C25H23FN4O3S.2C2H6.2CH4/c1-15-9-10-20(29-34(32,33)30-11-6-12-30)23(26)21(15)24(31)19-14-28-25-22(19)16(2)18(13-27-25)17-7-4-3-5-8-17;2*1-2;;/h3-5,7-10,13-14,29H,6,11-12H2,1-2H3,(H,27,28);2*1-2H3;2*1H4. The number of carbonyl (C=O) groups excluding carboxylic acids is 1. The van der Waals surface area contributed by atoms with Crippen molar-refractivity contribution in [2.45, 2.75) is 62.8 Å². The van der Waals surface area contributed by atoms with Gasteiger partial charge in [-0.15, -0.1) is 0 Å². The highest BCUT2D eigenvalue weighted by molar-refractivity contribution is 7.90. The number of rotatable bonds is 6. The van der Waals surface area contributed by atoms with E-state index >= 15 is 4.39 Å². The summed E-state index contributed by atoms with van der Waals surface area (Å²) in [6.45, 7) is 12.3. The second kappa shape index (κ2) is 14.7. The SMILES string of the molecule is C.C.CC.CC.Cc1ccc(NS(=O)(=O)N2CCC2)c(F)c1C(=O)c1c[nH]c2ncc(-c3ccccc3)c(C)c12. The number of H-pyrrole nitrogens is 1. The monoisotopic (exact) mass is 570 g/mol. The van der Waals surface area contributed by atoms with E-state index in [0.717, 1.165) is 23.1 Å². The van der Waals surface area contributed by atoms with Gasteiger partial charge in [0.25, 0.3) is 0 Å². The minimum Gasteiger partial charge on any atom is -0.345 e. The number of fused-ring (bicyclic) bond motifs is 1. The summed E-state index contributed by atoms with van der Waals surface area (Å²) < 4.78 is 44.0. The van der Waals surface area contributed by atoms with E-state index in [2.05, 4.69) is 14.7 Å². The lowest BCUT2D eigenvalue weighted by molar-refractivity contribution is 0.103. The summed E-state index contributed by atoms with van der Waals surface area (Å²) in [4.78, 5) is 21.1. The van der Waals surface area contributed by atoms with Crippen LogP contribution in [0.3, 0.4) is 0 Å². The van der Waals surface area contributed by atoms with Crippen LogP contribution in [0.1, 0.15) is 76.0 Å². The maximum atomic E-state index is 15.5. The van der Waals surface area contributed by atoms with Crippen LogP contribution in [-0.2, 0) is 10.2 Å². The normalized spacial score (nSPS) is 12.4. The largest absolute Gasteiger partial charge is 0.345 e. The molecule has 0 spiro atoms. The lowest BCUT2D eigenvalue weighted by Crippen LogP contribution is -2.45. The summed E-state index contributed by atoms with van der Waals surface area (Å²) in [6.07, 6.45) is 4.03. The highest BCUT2D eigenvalue weighted by Crippen LogP contribution is 2.33. The molecule has 9 heteroatoms. The molecular formula is C31H43FN4O3S. The summed E-state index contributed by atoms with van der Waals surface area (Å²) >= 11 is 0. The molecule has 3 heterocycles. The molecule has 7 nitrogen and oxygen atoms in total. The first-order chi connectivity index (χ1) is 18.3. The summed E-state index contributed by atoms with van der Waals surface area (Å²) in [5.41, 5.74) is 3.46. The Morgan fingerprint density at radius 3 is 2.20 bits per heavy atom. The van der Waals surface area contributed by atoms with Gasteiger partial charge in [0, 0.05) is 42.0 Å². The molecular weight excluding hydrogens is 527 g/mol. The van der Waals surface area contributed by atoms with Crippen molar-refractivity contribution in [2.24, 2.45) is 0 Å². The van der Waals surface area contributed by atoms with Crippen molar-refractivity contribution < 1.29 is 17.6 Å². The number of aromatic amines is 1. The Labute approximate surface area is 239 Å². The molecule has 1 aliphatic heterocycles. The second-order valence-corrected chi connectivity index (χ2v) is 10.1. The van der Waals surface area contributed by atoms with Crippen molar-refractivity contribution in [3.63, 3.8) is 0 Å². The van der Waals surface area contributed by atoms with E-state index < -0.39 is 21.8 Å². The summed E-state index contributed by atoms with van der Waals surface area (Å²) in [6, 6.07) is 12.6. The smallest absolute Gasteiger partial charge is 0.301 e. The minimum absolute atomic E-state index is 0. The number of carbonyl (C=O) groups is 1. The maximum absolute atomic E-state index is 15.5. The number of anilines is 1. The van der Waals surface area contributed by atoms with Gasteiger partial charge in [0.2, 0.25) is 0 Å². The van der Waals surface area contributed by atoms with E-state index in [-0.39, 0.29) is 31.7 Å². The first-order valence-electron chi connectivity index (χ1n) is 12.9. The van der Waals surface area contributed by atoms with Crippen LogP contribution in [0.25, 0.3) is 22.2 Å². The zero-order valence-corrected chi connectivity index (χ0v) is 23.5. The zero-order chi connectivity index (χ0) is 28.0. The average molecular weight is 571 g/mol. The predicted octanol–water partition coefficient (Wildman–Crippen LogP) is 7.90. The van der Waals surface area contributed by atoms with Crippen molar-refractivity contribution >= 4 is 32.7 Å². The van der Waals surface area contributed by atoms with E-state index in [9.17, 15) is 13.2 Å². The third-order valence-corrected chi connectivity index (χ3v) is 7.78. The van der Waals surface area contributed by atoms with Gasteiger partial charge >= 0.3 is 10.2 Å². The van der Waals surface area contributed by atoms with Crippen molar-refractivity contribution in [1.29, 1.82) is 0 Å². The van der Waals surface area contributed by atoms with E-state index in [4.69, 9.17) is 0 Å². The molecule has 0 atom stereocenters. The molecule has 0 amide bonds. The van der Waals surface area contributed by atoms with Crippen LogP contribution in [0.2, 0.25) is 0 Å². The van der Waals surface area contributed by atoms with E-state index in [1.165, 1.54) is 16.6 Å². The number of nitrogens with one attached hydrogen (secondary N) is 2. The van der Waals surface area contributed by atoms with Crippen LogP contribution in [0, 0.1) is 19.7 Å². The van der Waals surface area contributed by atoms with Crippen LogP contribution in [0.15, 0.2) is 54.9 Å². The Bertz CT molecular complexity index is 1530. The second-order valence-electron chi connectivity index (χ2n) is 8.40. The lowest BCUT2D eigenvalue weighted by Gasteiger charge is -2.30. The van der Waals surface area contributed by atoms with Gasteiger partial charge in [-0.1, -0.05) is 78.9 Å². The van der Waals surface area contributed by atoms with Gasteiger partial charge in [0.15, 0.2) is 11.6 Å². The molecule has 1 saturated heterocycles. The van der Waals surface area contributed by atoms with Gasteiger partial charge in [-0.25, -0.2) is 9.37 Å². The molecule has 0 radical (unpaired) electrons. The van der Waals surface area contributed by atoms with Crippen LogP contribution in [0.5, 0.6) is 0 Å². The Morgan fingerprint density at radius 2 is 1.62 bits per heavy atom. The van der Waals surface area contributed by atoms with Gasteiger partial charge in [0.1, 0.15) is 5.65 Å². The molecule has 0 unspecified atom stereocenters. The Morgan fingerprint density at radius 1 is 1.00 bits per heavy atom. The number of nitrogens with zero attached hydrogens (tertiary/aromatic N) is 2. The first kappa shape index (κ1) is 34.5. The van der Waals surface area contributed by atoms with Crippen molar-refractivity contribution in [3.8, 4) is 11.1 Å². The highest BCUT2D eigenvalue weighted by Gasteiger charge is 2.30. The number of ketones is 1. The topological polar surface area (TPSA) is 95.2 Å². The number of aromatic nitrogens is 2. The molecule has 40 heavy (non-hydrogen) atoms. The number of hydrogen-bond acceptors (Lipinski definition) is 4. The number of aryl methyl sites for hydroxylation is 2. The molecule has 5 rings (SSSR count). The zero-order valence-electron chi connectivity index (χ0n) is 22.7. The Balaban J connectivity index is 0.00000128. The molecule has 4 aromatic rings. The van der Waals surface area contributed by atoms with Crippen molar-refractivity contribution in [3.05, 3.63) is 82.9 Å². The van der Waals surface area contributed by atoms with Gasteiger partial charge in [0.05, 0.1) is 11.3 Å². The van der Waals surface area contributed by atoms with Crippen molar-refractivity contribution in [2.75, 3.05) is 17.8 Å². The number of hydrogen-bond donors (Lipinski definition) is 2. The fourth-order valence-corrected chi connectivity index (χ4v) is 5.54. The van der Waals surface area contributed by atoms with Crippen LogP contribution < -0.4 is 4.72 Å². The predicted molar refractivity (Wildman–Crippen MR) is 166 cm³/mol. The van der Waals surface area contributed by atoms with E-state index in [1.807, 2.05) is 65.0 Å². The van der Waals surface area contributed by atoms with E-state index in [1.54, 1.807) is 19.2 Å². The molecule has 0 aliphatic carbocycles. The fourth-order valence-electron chi connectivity index (χ4n) is 4.24. The molecule has 0 saturated carbocycles. The Hall–Kier alpha value is -3.56. The van der Waals surface area contributed by atoms with Crippen LogP contribution in [0.4, 0.5) is 10.1 Å². The minimum atomic E-state index is -3.87. The quantitative estimate of drug-likeness (QED) is 0.230. The van der Waals surface area contributed by atoms with E-state index in [0.29, 0.717) is 29.7 Å². The van der Waals surface area contributed by atoms with Gasteiger partial charge in [-0.3, -0.25) is 9.52 Å². The maximum Gasteiger partial charge on any atom is 0.301 e. The molecule has 2 aromatic carbocycles. The Kier molecular flexibility index (Phi) is 12.7. The summed E-state index contributed by atoms with van der Waals surface area (Å²) in [5.74, 6) is -1.44. The molecule has 0 bridgehead atoms. The molecule has 2 N–H and O–H groups in total. The third kappa shape index (κ3) is 6.59. The summed E-state index contributed by atoms with van der Waals surface area (Å²) in [7, 11) is -3.87.